The summed E-state index contributed by atoms with van der Waals surface area (Å²) in [6.07, 6.45) is 0.844. The number of amides is 3. The number of aliphatic carboxylic acids is 3. The third-order valence-electron chi connectivity index (χ3n) is 5.88. The molecule has 41 heavy (non-hydrogen) atoms. The fourth-order valence-corrected chi connectivity index (χ4v) is 3.69. The van der Waals surface area contributed by atoms with Crippen molar-refractivity contribution < 1.29 is 49.2 Å². The van der Waals surface area contributed by atoms with Crippen LogP contribution in [0, 0.1) is 0 Å². The lowest BCUT2D eigenvalue weighted by Gasteiger charge is -2.25. The second-order valence-corrected chi connectivity index (χ2v) is 9.14. The van der Waals surface area contributed by atoms with Crippen LogP contribution in [-0.4, -0.2) is 90.2 Å². The van der Waals surface area contributed by atoms with E-state index in [-0.39, 0.29) is 25.0 Å². The van der Waals surface area contributed by atoms with Crippen LogP contribution in [0.3, 0.4) is 0 Å². The van der Waals surface area contributed by atoms with E-state index in [0.29, 0.717) is 11.3 Å². The maximum absolute atomic E-state index is 13.2. The maximum atomic E-state index is 13.2. The lowest BCUT2D eigenvalue weighted by Crippen LogP contribution is -2.57. The summed E-state index contributed by atoms with van der Waals surface area (Å²) in [5, 5.41) is 44.0. The van der Waals surface area contributed by atoms with Gasteiger partial charge in [0.2, 0.25) is 17.7 Å². The Morgan fingerprint density at radius 1 is 0.780 bits per heavy atom. The number of phenols is 1. The lowest BCUT2D eigenvalue weighted by atomic mass is 10.0. The first kappa shape index (κ1) is 32.2. The molecule has 16 heteroatoms. The monoisotopic (exact) mass is 576 g/mol. The molecule has 2 rings (SSSR count). The van der Waals surface area contributed by atoms with E-state index in [0.717, 1.165) is 0 Å². The second-order valence-electron chi connectivity index (χ2n) is 9.14. The largest absolute Gasteiger partial charge is 0.508 e. The van der Waals surface area contributed by atoms with Gasteiger partial charge in [-0.05, 0) is 30.5 Å². The summed E-state index contributed by atoms with van der Waals surface area (Å²) in [7, 11) is 0. The molecule has 1 aromatic heterocycles. The van der Waals surface area contributed by atoms with Crippen LogP contribution in [0.25, 0.3) is 0 Å². The second kappa shape index (κ2) is 15.6. The molecule has 0 radical (unpaired) electrons. The Balaban J connectivity index is 2.24. The molecule has 0 saturated carbocycles. The number of nitrogens with two attached hydrogens (primary N) is 1. The fraction of sp³-hybridized carbons (Fsp3) is 0.400. The van der Waals surface area contributed by atoms with Gasteiger partial charge in [0, 0.05) is 37.6 Å². The molecular formula is C25H32N6O10. The summed E-state index contributed by atoms with van der Waals surface area (Å²) in [6.45, 7) is 0. The van der Waals surface area contributed by atoms with Crippen molar-refractivity contribution >= 4 is 35.6 Å². The molecule has 16 nitrogen and oxygen atoms in total. The van der Waals surface area contributed by atoms with E-state index in [1.165, 1.54) is 36.8 Å². The number of carbonyl (C=O) groups excluding carboxylic acids is 3. The number of carboxylic acids is 3. The van der Waals surface area contributed by atoms with Crippen molar-refractivity contribution in [1.82, 2.24) is 25.9 Å². The van der Waals surface area contributed by atoms with E-state index in [1.807, 2.05) is 0 Å². The quantitative estimate of drug-likeness (QED) is 0.104. The number of carbonyl (C=O) groups is 6. The Bertz CT molecular complexity index is 1220. The first-order chi connectivity index (χ1) is 19.3. The van der Waals surface area contributed by atoms with E-state index >= 15 is 0 Å². The Morgan fingerprint density at radius 3 is 1.85 bits per heavy atom. The van der Waals surface area contributed by atoms with Crippen molar-refractivity contribution in [2.24, 2.45) is 5.73 Å². The third kappa shape index (κ3) is 11.3. The lowest BCUT2D eigenvalue weighted by molar-refractivity contribution is -0.143. The summed E-state index contributed by atoms with van der Waals surface area (Å²) in [5.41, 5.74) is 6.91. The highest BCUT2D eigenvalue weighted by atomic mass is 16.4. The maximum Gasteiger partial charge on any atom is 0.326 e. The van der Waals surface area contributed by atoms with Gasteiger partial charge in [0.05, 0.1) is 12.4 Å². The van der Waals surface area contributed by atoms with Crippen LogP contribution in [0.5, 0.6) is 5.75 Å². The van der Waals surface area contributed by atoms with Crippen molar-refractivity contribution in [3.8, 4) is 5.75 Å². The standard InChI is InChI=1S/C25H32N6O10/c26-16(10-14-11-27-12-28-14)22(37)29-17(5-7-20(33)34)23(38)31-19(9-13-1-3-15(32)4-2-13)24(39)30-18(25(40)41)6-8-21(35)36/h1-4,11-12,16-19,32H,5-10,26H2,(H,27,28)(H,29,37)(H,30,39)(H,31,38)(H,33,34)(H,35,36)(H,40,41). The van der Waals surface area contributed by atoms with Gasteiger partial charge < -0.3 is 47.1 Å². The average Bonchev–Trinajstić information content (AvgIpc) is 3.42. The topological polar surface area (TPSA) is 274 Å². The van der Waals surface area contributed by atoms with Gasteiger partial charge in [0.1, 0.15) is 23.9 Å². The summed E-state index contributed by atoms with van der Waals surface area (Å²) < 4.78 is 0. The zero-order valence-corrected chi connectivity index (χ0v) is 21.8. The van der Waals surface area contributed by atoms with Gasteiger partial charge in [-0.15, -0.1) is 0 Å². The van der Waals surface area contributed by atoms with Crippen molar-refractivity contribution in [2.45, 2.75) is 62.7 Å². The van der Waals surface area contributed by atoms with Gasteiger partial charge in [0.25, 0.3) is 0 Å². The smallest absolute Gasteiger partial charge is 0.326 e. The number of aromatic amines is 1. The number of nitrogens with zero attached hydrogens (tertiary/aromatic N) is 1. The molecule has 0 aliphatic rings. The van der Waals surface area contributed by atoms with Gasteiger partial charge in [-0.2, -0.15) is 0 Å². The molecule has 0 spiro atoms. The van der Waals surface area contributed by atoms with Gasteiger partial charge in [-0.1, -0.05) is 12.1 Å². The number of nitrogens with one attached hydrogen (secondary N) is 4. The molecule has 0 aliphatic heterocycles. The van der Waals surface area contributed by atoms with Gasteiger partial charge in [-0.25, -0.2) is 9.78 Å². The molecule has 10 N–H and O–H groups in total. The highest BCUT2D eigenvalue weighted by molar-refractivity contribution is 5.94. The number of phenolic OH excluding ortho intramolecular Hbond substituents is 1. The van der Waals surface area contributed by atoms with E-state index in [9.17, 15) is 39.0 Å². The van der Waals surface area contributed by atoms with Crippen molar-refractivity contribution in [2.75, 3.05) is 0 Å². The molecule has 4 atom stereocenters. The number of H-pyrrole nitrogens is 1. The Kier molecular flexibility index (Phi) is 12.2. The van der Waals surface area contributed by atoms with E-state index in [2.05, 4.69) is 25.9 Å². The molecule has 0 fully saturated rings. The van der Waals surface area contributed by atoms with Crippen LogP contribution in [0.2, 0.25) is 0 Å². The molecule has 0 aliphatic carbocycles. The minimum Gasteiger partial charge on any atom is -0.508 e. The first-order valence-electron chi connectivity index (χ1n) is 12.4. The Labute approximate surface area is 233 Å². The van der Waals surface area contributed by atoms with Crippen LogP contribution in [0.1, 0.15) is 36.9 Å². The number of imidazole rings is 1. The number of aromatic nitrogens is 2. The molecule has 4 unspecified atom stereocenters. The third-order valence-corrected chi connectivity index (χ3v) is 5.88. The Morgan fingerprint density at radius 2 is 1.32 bits per heavy atom. The predicted octanol–water partition coefficient (Wildman–Crippen LogP) is -1.50. The molecule has 1 aromatic carbocycles. The van der Waals surface area contributed by atoms with Gasteiger partial charge in [-0.3, -0.25) is 24.0 Å². The van der Waals surface area contributed by atoms with Crippen LogP contribution in [0.15, 0.2) is 36.8 Å². The van der Waals surface area contributed by atoms with E-state index in [1.54, 1.807) is 0 Å². The summed E-state index contributed by atoms with van der Waals surface area (Å²) in [4.78, 5) is 79.3. The van der Waals surface area contributed by atoms with E-state index < -0.39 is 79.1 Å². The number of carboxylic acid groups (broad SMARTS) is 3. The van der Waals surface area contributed by atoms with Crippen LogP contribution >= 0.6 is 0 Å². The molecule has 222 valence electrons. The Hall–Kier alpha value is -4.99. The molecule has 0 bridgehead atoms. The van der Waals surface area contributed by atoms with Crippen molar-refractivity contribution in [3.05, 3.63) is 48.0 Å². The molecule has 1 heterocycles. The van der Waals surface area contributed by atoms with E-state index in [4.69, 9.17) is 15.9 Å². The number of benzene rings is 1. The van der Waals surface area contributed by atoms with Crippen molar-refractivity contribution in [1.29, 1.82) is 0 Å². The minimum absolute atomic E-state index is 0.0396. The molecule has 2 aromatic rings. The molecule has 0 saturated heterocycles. The number of aromatic hydroxyl groups is 1. The fourth-order valence-electron chi connectivity index (χ4n) is 3.69. The SMILES string of the molecule is NC(Cc1cnc[nH]1)C(=O)NC(CCC(=O)O)C(=O)NC(Cc1ccc(O)cc1)C(=O)NC(CCC(=O)O)C(=O)O. The van der Waals surface area contributed by atoms with Crippen LogP contribution in [-0.2, 0) is 41.6 Å². The highest BCUT2D eigenvalue weighted by Gasteiger charge is 2.31. The predicted molar refractivity (Wildman–Crippen MR) is 139 cm³/mol. The zero-order chi connectivity index (χ0) is 30.5. The summed E-state index contributed by atoms with van der Waals surface area (Å²) in [6, 6.07) is 0.00724. The average molecular weight is 577 g/mol. The van der Waals surface area contributed by atoms with Gasteiger partial charge in [0.15, 0.2) is 0 Å². The normalized spacial score (nSPS) is 13.7. The summed E-state index contributed by atoms with van der Waals surface area (Å²) >= 11 is 0. The first-order valence-corrected chi connectivity index (χ1v) is 12.4. The molecular weight excluding hydrogens is 544 g/mol. The highest BCUT2D eigenvalue weighted by Crippen LogP contribution is 2.12. The van der Waals surface area contributed by atoms with Crippen LogP contribution < -0.4 is 21.7 Å². The zero-order valence-electron chi connectivity index (χ0n) is 21.8. The number of rotatable bonds is 17. The minimum atomic E-state index is -1.58. The van der Waals surface area contributed by atoms with Crippen LogP contribution in [0.4, 0.5) is 0 Å². The number of hydrogen-bond donors (Lipinski definition) is 9. The van der Waals surface area contributed by atoms with Gasteiger partial charge >= 0.3 is 17.9 Å². The summed E-state index contributed by atoms with van der Waals surface area (Å²) in [5.74, 6) is -6.77. The van der Waals surface area contributed by atoms with Crippen molar-refractivity contribution in [3.63, 3.8) is 0 Å². The number of hydrogen-bond acceptors (Lipinski definition) is 9. The molecule has 3 amide bonds.